The SMILES string of the molecule is Cc1ccc(O[C@@H]2CCNC[C@@H]2O)cc1C.Cc1ccc(O[C@@H]2CCNC[C@@H]2O)cc1C.O=S(=O)(O)O. The fourth-order valence-electron chi connectivity index (χ4n) is 3.84. The Balaban J connectivity index is 0.000000221. The van der Waals surface area contributed by atoms with Gasteiger partial charge in [0.05, 0.1) is 0 Å². The number of β-amino-alcohol motifs (C(OH)–C–C–N with tert-alkyl or cyclic N) is 2. The number of nitrogens with one attached hydrogen (secondary N) is 2. The number of aliphatic hydroxyl groups is 2. The van der Waals surface area contributed by atoms with Gasteiger partial charge in [0.2, 0.25) is 0 Å². The van der Waals surface area contributed by atoms with Gasteiger partial charge in [-0.3, -0.25) is 9.11 Å². The highest BCUT2D eigenvalue weighted by Crippen LogP contribution is 2.21. The molecule has 0 aromatic heterocycles. The summed E-state index contributed by atoms with van der Waals surface area (Å²) >= 11 is 0. The lowest BCUT2D eigenvalue weighted by Crippen LogP contribution is -2.46. The average Bonchev–Trinajstić information content (AvgIpc) is 2.81. The van der Waals surface area contributed by atoms with Crippen LogP contribution in [0.5, 0.6) is 11.5 Å². The van der Waals surface area contributed by atoms with E-state index in [0.29, 0.717) is 13.1 Å². The zero-order valence-electron chi connectivity index (χ0n) is 21.8. The second-order valence-corrected chi connectivity index (χ2v) is 10.3. The van der Waals surface area contributed by atoms with Crippen LogP contribution in [0.3, 0.4) is 0 Å². The minimum Gasteiger partial charge on any atom is -0.488 e. The smallest absolute Gasteiger partial charge is 0.394 e. The molecule has 2 aliphatic rings. The molecule has 0 saturated carbocycles. The fraction of sp³-hybridized carbons (Fsp3) is 0.538. The molecule has 2 aromatic carbocycles. The van der Waals surface area contributed by atoms with E-state index in [9.17, 15) is 10.2 Å². The van der Waals surface area contributed by atoms with Gasteiger partial charge in [0, 0.05) is 13.1 Å². The molecular formula is C26H40N2O8S. The molecule has 2 aliphatic heterocycles. The topological polar surface area (TPSA) is 158 Å². The van der Waals surface area contributed by atoms with Crippen LogP contribution in [0.15, 0.2) is 36.4 Å². The maximum atomic E-state index is 9.77. The summed E-state index contributed by atoms with van der Waals surface area (Å²) < 4.78 is 43.2. The zero-order chi connectivity index (χ0) is 27.6. The fourth-order valence-corrected chi connectivity index (χ4v) is 3.84. The highest BCUT2D eigenvalue weighted by Gasteiger charge is 2.25. The van der Waals surface area contributed by atoms with Crippen LogP contribution in [0, 0.1) is 27.7 Å². The maximum absolute atomic E-state index is 9.77. The van der Waals surface area contributed by atoms with Gasteiger partial charge >= 0.3 is 10.4 Å². The lowest BCUT2D eigenvalue weighted by atomic mass is 10.1. The molecular weight excluding hydrogens is 500 g/mol. The minimum absolute atomic E-state index is 0.0802. The molecule has 2 heterocycles. The number of aryl methyl sites for hydroxylation is 4. The van der Waals surface area contributed by atoms with Crippen LogP contribution in [0.25, 0.3) is 0 Å². The highest BCUT2D eigenvalue weighted by atomic mass is 32.3. The first-order valence-corrected chi connectivity index (χ1v) is 13.7. The molecule has 37 heavy (non-hydrogen) atoms. The van der Waals surface area contributed by atoms with Crippen LogP contribution in [0.1, 0.15) is 35.1 Å². The van der Waals surface area contributed by atoms with Gasteiger partial charge in [0.1, 0.15) is 35.9 Å². The van der Waals surface area contributed by atoms with E-state index in [-0.39, 0.29) is 12.2 Å². The Hall–Kier alpha value is -2.25. The Morgan fingerprint density at radius 1 is 0.703 bits per heavy atom. The summed E-state index contributed by atoms with van der Waals surface area (Å²) in [6.07, 6.45) is 0.736. The first kappa shape index (κ1) is 31.0. The number of benzene rings is 2. The van der Waals surface area contributed by atoms with Crippen molar-refractivity contribution in [1.29, 1.82) is 0 Å². The molecule has 0 spiro atoms. The van der Waals surface area contributed by atoms with Crippen LogP contribution in [-0.2, 0) is 10.4 Å². The molecule has 0 radical (unpaired) electrons. The van der Waals surface area contributed by atoms with Crippen molar-refractivity contribution in [3.8, 4) is 11.5 Å². The Kier molecular flexibility index (Phi) is 12.2. The monoisotopic (exact) mass is 540 g/mol. The Morgan fingerprint density at radius 2 is 1.05 bits per heavy atom. The summed E-state index contributed by atoms with van der Waals surface area (Å²) in [5, 5.41) is 25.8. The van der Waals surface area contributed by atoms with Crippen molar-refractivity contribution in [2.75, 3.05) is 26.2 Å². The summed E-state index contributed by atoms with van der Waals surface area (Å²) in [7, 11) is -4.67. The van der Waals surface area contributed by atoms with Gasteiger partial charge in [0.15, 0.2) is 0 Å². The number of hydrogen-bond donors (Lipinski definition) is 6. The third kappa shape index (κ3) is 11.8. The van der Waals surface area contributed by atoms with Crippen molar-refractivity contribution in [2.24, 2.45) is 0 Å². The standard InChI is InChI=1S/2C13H19NO2.H2O4S/c2*1-9-3-4-11(7-10(9)2)16-13-5-6-14-8-12(13)15;1-5(2,3)4/h2*3-4,7,12-15H,5-6,8H2,1-2H3;(H2,1,2,3,4)/t2*12-,13+;/m00./s1. The molecule has 6 N–H and O–H groups in total. The van der Waals surface area contributed by atoms with Crippen molar-refractivity contribution in [3.63, 3.8) is 0 Å². The normalized spacial score (nSPS) is 23.6. The molecule has 11 heteroatoms. The van der Waals surface area contributed by atoms with E-state index in [1.54, 1.807) is 0 Å². The van der Waals surface area contributed by atoms with E-state index >= 15 is 0 Å². The van der Waals surface area contributed by atoms with Crippen molar-refractivity contribution < 1.29 is 37.2 Å². The second-order valence-electron chi connectivity index (χ2n) is 9.37. The molecule has 0 unspecified atom stereocenters. The summed E-state index contributed by atoms with van der Waals surface area (Å²) in [6, 6.07) is 12.1. The van der Waals surface area contributed by atoms with Gasteiger partial charge in [-0.05, 0) is 100 Å². The largest absolute Gasteiger partial charge is 0.488 e. The van der Waals surface area contributed by atoms with Crippen LogP contribution >= 0.6 is 0 Å². The number of aliphatic hydroxyl groups excluding tert-OH is 2. The van der Waals surface area contributed by atoms with Crippen LogP contribution in [-0.4, -0.2) is 78.3 Å². The van der Waals surface area contributed by atoms with Crippen molar-refractivity contribution in [2.45, 2.75) is 65.0 Å². The van der Waals surface area contributed by atoms with Crippen molar-refractivity contribution in [3.05, 3.63) is 58.7 Å². The van der Waals surface area contributed by atoms with Gasteiger partial charge in [-0.25, -0.2) is 0 Å². The van der Waals surface area contributed by atoms with Crippen LogP contribution in [0.2, 0.25) is 0 Å². The quantitative estimate of drug-likeness (QED) is 0.318. The lowest BCUT2D eigenvalue weighted by molar-refractivity contribution is 0.0162. The van der Waals surface area contributed by atoms with E-state index < -0.39 is 22.6 Å². The number of rotatable bonds is 4. The number of piperidine rings is 2. The zero-order valence-corrected chi connectivity index (χ0v) is 22.7. The van der Waals surface area contributed by atoms with E-state index in [2.05, 4.69) is 50.5 Å². The van der Waals surface area contributed by atoms with E-state index in [1.807, 2.05) is 24.3 Å². The third-order valence-corrected chi connectivity index (χ3v) is 6.31. The summed E-state index contributed by atoms with van der Waals surface area (Å²) in [6.45, 7) is 11.4. The molecule has 0 aliphatic carbocycles. The van der Waals surface area contributed by atoms with Crippen LogP contribution in [0.4, 0.5) is 0 Å². The first-order valence-electron chi connectivity index (χ1n) is 12.3. The number of ether oxygens (including phenoxy) is 2. The first-order chi connectivity index (χ1) is 17.3. The summed E-state index contributed by atoms with van der Waals surface area (Å²) in [4.78, 5) is 0. The van der Waals surface area contributed by atoms with Crippen molar-refractivity contribution in [1.82, 2.24) is 10.6 Å². The van der Waals surface area contributed by atoms with E-state index in [0.717, 1.165) is 37.4 Å². The van der Waals surface area contributed by atoms with Gasteiger partial charge in [-0.2, -0.15) is 8.42 Å². The third-order valence-electron chi connectivity index (χ3n) is 6.31. The molecule has 2 aromatic rings. The Bertz CT molecular complexity index is 1020. The van der Waals surface area contributed by atoms with E-state index in [1.165, 1.54) is 22.3 Å². The molecule has 2 saturated heterocycles. The van der Waals surface area contributed by atoms with Crippen molar-refractivity contribution >= 4 is 10.4 Å². The van der Waals surface area contributed by atoms with Gasteiger partial charge in [-0.1, -0.05) is 12.1 Å². The van der Waals surface area contributed by atoms with Gasteiger partial charge in [0.25, 0.3) is 0 Å². The maximum Gasteiger partial charge on any atom is 0.394 e. The van der Waals surface area contributed by atoms with Crippen LogP contribution < -0.4 is 20.1 Å². The molecule has 0 amide bonds. The molecule has 2 fully saturated rings. The average molecular weight is 541 g/mol. The minimum atomic E-state index is -4.67. The lowest BCUT2D eigenvalue weighted by Gasteiger charge is -2.29. The van der Waals surface area contributed by atoms with Gasteiger partial charge < -0.3 is 30.3 Å². The second kappa shape index (κ2) is 14.6. The molecule has 10 nitrogen and oxygen atoms in total. The van der Waals surface area contributed by atoms with Gasteiger partial charge in [-0.15, -0.1) is 0 Å². The number of hydrogen-bond acceptors (Lipinski definition) is 8. The molecule has 4 rings (SSSR count). The summed E-state index contributed by atoms with van der Waals surface area (Å²) in [5.41, 5.74) is 4.97. The molecule has 0 bridgehead atoms. The predicted octanol–water partition coefficient (Wildman–Crippen LogP) is 2.16. The Labute approximate surface area is 219 Å². The molecule has 4 atom stereocenters. The highest BCUT2D eigenvalue weighted by molar-refractivity contribution is 7.79. The van der Waals surface area contributed by atoms with E-state index in [4.69, 9.17) is 27.0 Å². The summed E-state index contributed by atoms with van der Waals surface area (Å²) in [5.74, 6) is 1.71. The Morgan fingerprint density at radius 3 is 1.35 bits per heavy atom. The predicted molar refractivity (Wildman–Crippen MR) is 142 cm³/mol. The molecule has 208 valence electrons.